The van der Waals surface area contributed by atoms with Crippen LogP contribution in [0.1, 0.15) is 36.2 Å². The second-order valence-electron chi connectivity index (χ2n) is 6.56. The molecule has 2 aromatic carbocycles. The Kier molecular flexibility index (Phi) is 7.85. The summed E-state index contributed by atoms with van der Waals surface area (Å²) in [6, 6.07) is 18.2. The number of esters is 1. The number of amides is 1. The predicted octanol–water partition coefficient (Wildman–Crippen LogP) is 4.40. The summed E-state index contributed by atoms with van der Waals surface area (Å²) in [5.74, 6) is -0.419. The van der Waals surface area contributed by atoms with Crippen LogP contribution in [0.5, 0.6) is 0 Å². The van der Waals surface area contributed by atoms with Gasteiger partial charge in [-0.15, -0.1) is 0 Å². The van der Waals surface area contributed by atoms with Gasteiger partial charge in [-0.3, -0.25) is 4.79 Å². The van der Waals surface area contributed by atoms with Crippen molar-refractivity contribution >= 4 is 27.8 Å². The Hall–Kier alpha value is -2.14. The molecule has 26 heavy (non-hydrogen) atoms. The van der Waals surface area contributed by atoms with Crippen molar-refractivity contribution in [1.82, 2.24) is 5.32 Å². The normalized spacial score (nSPS) is 13.1. The number of carbonyl (C=O) groups is 2. The Balaban J connectivity index is 1.99. The molecule has 0 saturated heterocycles. The van der Waals surface area contributed by atoms with Crippen molar-refractivity contribution in [2.24, 2.45) is 5.92 Å². The van der Waals surface area contributed by atoms with Crippen LogP contribution in [0.2, 0.25) is 0 Å². The van der Waals surface area contributed by atoms with Crippen LogP contribution in [0.25, 0.3) is 0 Å². The number of hydrogen-bond donors (Lipinski definition) is 1. The van der Waals surface area contributed by atoms with Gasteiger partial charge in [0.2, 0.25) is 5.91 Å². The van der Waals surface area contributed by atoms with Crippen molar-refractivity contribution in [3.05, 3.63) is 71.8 Å². The molecule has 0 aromatic heterocycles. The predicted molar refractivity (Wildman–Crippen MR) is 106 cm³/mol. The summed E-state index contributed by atoms with van der Waals surface area (Å²) in [6.07, 6.45) is 0.522. The average molecular weight is 418 g/mol. The first-order valence-electron chi connectivity index (χ1n) is 8.67. The lowest BCUT2D eigenvalue weighted by molar-refractivity contribution is -0.149. The van der Waals surface area contributed by atoms with Crippen LogP contribution in [0.3, 0.4) is 0 Å². The Morgan fingerprint density at radius 2 is 1.58 bits per heavy atom. The minimum atomic E-state index is -0.671. The molecule has 2 atom stereocenters. The van der Waals surface area contributed by atoms with Gasteiger partial charge >= 0.3 is 5.97 Å². The maximum atomic E-state index is 12.5. The van der Waals surface area contributed by atoms with Gasteiger partial charge < -0.3 is 10.1 Å². The van der Waals surface area contributed by atoms with E-state index >= 15 is 0 Å². The third kappa shape index (κ3) is 6.30. The standard InChI is InChI=1S/C21H24BrNO3/c1-15(2)13-18(21(25)26-14-16-9-5-3-6-10-16)23-20(24)19(22)17-11-7-4-8-12-17/h3-12,15,18-19H,13-14H2,1-2H3,(H,23,24)/t18-,19?/m0/s1. The molecular weight excluding hydrogens is 394 g/mol. The molecule has 0 aliphatic heterocycles. The maximum Gasteiger partial charge on any atom is 0.328 e. The van der Waals surface area contributed by atoms with Crippen molar-refractivity contribution in [3.8, 4) is 0 Å². The minimum absolute atomic E-state index is 0.195. The lowest BCUT2D eigenvalue weighted by Crippen LogP contribution is -2.43. The molecule has 1 N–H and O–H groups in total. The molecule has 0 aliphatic rings. The topological polar surface area (TPSA) is 55.4 Å². The smallest absolute Gasteiger partial charge is 0.328 e. The number of alkyl halides is 1. The number of halogens is 1. The van der Waals surface area contributed by atoms with Gasteiger partial charge in [0.25, 0.3) is 0 Å². The lowest BCUT2D eigenvalue weighted by atomic mass is 10.0. The molecule has 0 bridgehead atoms. The molecule has 5 heteroatoms. The summed E-state index contributed by atoms with van der Waals surface area (Å²) in [5.41, 5.74) is 1.75. The van der Waals surface area contributed by atoms with Crippen LogP contribution in [-0.4, -0.2) is 17.9 Å². The number of ether oxygens (including phenoxy) is 1. The van der Waals surface area contributed by atoms with Crippen molar-refractivity contribution in [1.29, 1.82) is 0 Å². The molecule has 4 nitrogen and oxygen atoms in total. The molecule has 1 amide bonds. The first-order valence-corrected chi connectivity index (χ1v) is 9.59. The van der Waals surface area contributed by atoms with Crippen LogP contribution in [0.4, 0.5) is 0 Å². The highest BCUT2D eigenvalue weighted by atomic mass is 79.9. The largest absolute Gasteiger partial charge is 0.459 e. The van der Waals surface area contributed by atoms with E-state index in [-0.39, 0.29) is 18.4 Å². The Bertz CT molecular complexity index is 704. The van der Waals surface area contributed by atoms with E-state index < -0.39 is 16.8 Å². The quantitative estimate of drug-likeness (QED) is 0.511. The fourth-order valence-electron chi connectivity index (χ4n) is 2.53. The highest BCUT2D eigenvalue weighted by Crippen LogP contribution is 2.23. The Morgan fingerprint density at radius 1 is 1.00 bits per heavy atom. The summed E-state index contributed by atoms with van der Waals surface area (Å²) < 4.78 is 5.41. The molecule has 138 valence electrons. The molecule has 1 unspecified atom stereocenters. The van der Waals surface area contributed by atoms with E-state index in [9.17, 15) is 9.59 Å². The van der Waals surface area contributed by atoms with Gasteiger partial charge in [0.05, 0.1) is 0 Å². The number of rotatable bonds is 8. The minimum Gasteiger partial charge on any atom is -0.459 e. The second kappa shape index (κ2) is 10.1. The van der Waals surface area contributed by atoms with Gasteiger partial charge in [-0.25, -0.2) is 4.79 Å². The van der Waals surface area contributed by atoms with Gasteiger partial charge in [0, 0.05) is 0 Å². The monoisotopic (exact) mass is 417 g/mol. The molecule has 0 fully saturated rings. The lowest BCUT2D eigenvalue weighted by Gasteiger charge is -2.21. The number of carbonyl (C=O) groups excluding carboxylic acids is 2. The van der Waals surface area contributed by atoms with E-state index in [4.69, 9.17) is 4.74 Å². The zero-order valence-corrected chi connectivity index (χ0v) is 16.6. The second-order valence-corrected chi connectivity index (χ2v) is 7.47. The summed E-state index contributed by atoms with van der Waals surface area (Å²) in [4.78, 5) is 24.5. The molecule has 2 rings (SSSR count). The number of benzene rings is 2. The van der Waals surface area contributed by atoms with E-state index in [0.717, 1.165) is 11.1 Å². The molecule has 2 aromatic rings. The van der Waals surface area contributed by atoms with E-state index in [1.54, 1.807) is 0 Å². The van der Waals surface area contributed by atoms with E-state index in [1.807, 2.05) is 74.5 Å². The molecule has 0 radical (unpaired) electrons. The highest BCUT2D eigenvalue weighted by Gasteiger charge is 2.26. The first kappa shape index (κ1) is 20.2. The van der Waals surface area contributed by atoms with Crippen LogP contribution in [0.15, 0.2) is 60.7 Å². The summed E-state index contributed by atoms with van der Waals surface area (Å²) in [7, 11) is 0. The van der Waals surface area contributed by atoms with Gasteiger partial charge in [0.15, 0.2) is 0 Å². The zero-order valence-electron chi connectivity index (χ0n) is 15.0. The van der Waals surface area contributed by atoms with Gasteiger partial charge in [-0.2, -0.15) is 0 Å². The summed E-state index contributed by atoms with van der Waals surface area (Å²) in [6.45, 7) is 4.21. The first-order chi connectivity index (χ1) is 12.5. The van der Waals surface area contributed by atoms with Gasteiger partial charge in [-0.1, -0.05) is 90.4 Å². The molecule has 0 heterocycles. The molecule has 0 spiro atoms. The van der Waals surface area contributed by atoms with Crippen LogP contribution in [0, 0.1) is 5.92 Å². The van der Waals surface area contributed by atoms with E-state index in [1.165, 1.54) is 0 Å². The highest BCUT2D eigenvalue weighted by molar-refractivity contribution is 9.09. The fourth-order valence-corrected chi connectivity index (χ4v) is 2.97. The molecule has 0 aliphatic carbocycles. The fraction of sp³-hybridized carbons (Fsp3) is 0.333. The van der Waals surface area contributed by atoms with Crippen LogP contribution in [-0.2, 0) is 20.9 Å². The Morgan fingerprint density at radius 3 is 2.15 bits per heavy atom. The molecule has 0 saturated carbocycles. The van der Waals surface area contributed by atoms with Gasteiger partial charge in [-0.05, 0) is 23.5 Å². The van der Waals surface area contributed by atoms with E-state index in [2.05, 4.69) is 21.2 Å². The maximum absolute atomic E-state index is 12.5. The third-order valence-electron chi connectivity index (χ3n) is 3.85. The van der Waals surface area contributed by atoms with Crippen molar-refractivity contribution in [3.63, 3.8) is 0 Å². The SMILES string of the molecule is CC(C)C[C@H](NC(=O)C(Br)c1ccccc1)C(=O)OCc1ccccc1. The van der Waals surface area contributed by atoms with Crippen LogP contribution < -0.4 is 5.32 Å². The van der Waals surface area contributed by atoms with Crippen molar-refractivity contribution in [2.75, 3.05) is 0 Å². The van der Waals surface area contributed by atoms with Crippen LogP contribution >= 0.6 is 15.9 Å². The third-order valence-corrected chi connectivity index (χ3v) is 4.80. The zero-order chi connectivity index (χ0) is 18.9. The number of nitrogens with one attached hydrogen (secondary N) is 1. The van der Waals surface area contributed by atoms with Gasteiger partial charge in [0.1, 0.15) is 17.5 Å². The van der Waals surface area contributed by atoms with Crippen molar-refractivity contribution in [2.45, 2.75) is 37.7 Å². The summed E-state index contributed by atoms with van der Waals surface area (Å²) >= 11 is 3.41. The summed E-state index contributed by atoms with van der Waals surface area (Å²) in [5, 5.41) is 2.82. The molecular formula is C21H24BrNO3. The van der Waals surface area contributed by atoms with Crippen molar-refractivity contribution < 1.29 is 14.3 Å². The Labute approximate surface area is 163 Å². The average Bonchev–Trinajstić information content (AvgIpc) is 2.66. The number of hydrogen-bond acceptors (Lipinski definition) is 3. The van der Waals surface area contributed by atoms with E-state index in [0.29, 0.717) is 6.42 Å².